The number of aryl methyl sites for hydroxylation is 2. The van der Waals surface area contributed by atoms with Gasteiger partial charge in [-0.05, 0) is 24.5 Å². The number of aromatic nitrogens is 1. The number of nitrogen functional groups attached to an aromatic ring is 1. The van der Waals surface area contributed by atoms with E-state index in [9.17, 15) is 0 Å². The van der Waals surface area contributed by atoms with Gasteiger partial charge in [-0.2, -0.15) is 0 Å². The van der Waals surface area contributed by atoms with Crippen molar-refractivity contribution in [1.82, 2.24) is 4.98 Å². The van der Waals surface area contributed by atoms with Crippen molar-refractivity contribution < 1.29 is 0 Å². The molecule has 1 aromatic heterocycles. The van der Waals surface area contributed by atoms with Gasteiger partial charge in [0.1, 0.15) is 5.82 Å². The van der Waals surface area contributed by atoms with Gasteiger partial charge in [0.15, 0.2) is 0 Å². The number of nitrogens with zero attached hydrogens (tertiary/aromatic N) is 1. The summed E-state index contributed by atoms with van der Waals surface area (Å²) in [4.78, 5) is 4.03. The summed E-state index contributed by atoms with van der Waals surface area (Å²) in [6.07, 6.45) is 2.84. The molecular weight excluding hydrogens is 124 g/mol. The molecule has 10 heavy (non-hydrogen) atoms. The molecule has 0 fully saturated rings. The van der Waals surface area contributed by atoms with Crippen LogP contribution in [0.2, 0.25) is 0 Å². The molecular formula is C8H12N2. The van der Waals surface area contributed by atoms with Crippen molar-refractivity contribution in [3.63, 3.8) is 0 Å². The van der Waals surface area contributed by atoms with Crippen LogP contribution in [0.15, 0.2) is 12.3 Å². The van der Waals surface area contributed by atoms with Crippen molar-refractivity contribution in [1.29, 1.82) is 0 Å². The van der Waals surface area contributed by atoms with Crippen LogP contribution in [-0.4, -0.2) is 4.98 Å². The lowest BCUT2D eigenvalue weighted by Crippen LogP contribution is -1.94. The van der Waals surface area contributed by atoms with Crippen LogP contribution < -0.4 is 5.73 Å². The number of rotatable bonds is 1. The van der Waals surface area contributed by atoms with E-state index in [2.05, 4.69) is 18.0 Å². The smallest absolute Gasteiger partial charge is 0.126 e. The summed E-state index contributed by atoms with van der Waals surface area (Å²) in [5.74, 6) is 0.636. The van der Waals surface area contributed by atoms with Gasteiger partial charge in [-0.15, -0.1) is 0 Å². The Balaban J connectivity index is 3.04. The highest BCUT2D eigenvalue weighted by molar-refractivity contribution is 5.39. The van der Waals surface area contributed by atoms with Gasteiger partial charge in [-0.25, -0.2) is 4.98 Å². The Hall–Kier alpha value is -1.05. The first-order valence-corrected chi connectivity index (χ1v) is 3.45. The van der Waals surface area contributed by atoms with E-state index in [-0.39, 0.29) is 0 Å². The Morgan fingerprint density at radius 2 is 2.30 bits per heavy atom. The van der Waals surface area contributed by atoms with Crippen LogP contribution in [0.4, 0.5) is 5.82 Å². The van der Waals surface area contributed by atoms with Gasteiger partial charge in [0.05, 0.1) is 0 Å². The Kier molecular flexibility index (Phi) is 1.90. The lowest BCUT2D eigenvalue weighted by molar-refractivity contribution is 1.09. The normalized spacial score (nSPS) is 9.80. The molecule has 0 saturated carbocycles. The summed E-state index contributed by atoms with van der Waals surface area (Å²) in [6, 6.07) is 2.07. The average molecular weight is 136 g/mol. The molecule has 0 spiro atoms. The molecule has 0 saturated heterocycles. The Morgan fingerprint density at radius 1 is 1.60 bits per heavy atom. The highest BCUT2D eigenvalue weighted by Gasteiger charge is 1.94. The van der Waals surface area contributed by atoms with Crippen molar-refractivity contribution in [3.05, 3.63) is 23.4 Å². The van der Waals surface area contributed by atoms with E-state index in [1.165, 1.54) is 5.56 Å². The third-order valence-corrected chi connectivity index (χ3v) is 1.58. The maximum Gasteiger partial charge on any atom is 0.126 e. The SMILES string of the molecule is CCc1cnc(N)c(C)c1. The molecule has 0 bridgehead atoms. The fraction of sp³-hybridized carbons (Fsp3) is 0.375. The Morgan fingerprint density at radius 3 is 2.80 bits per heavy atom. The maximum atomic E-state index is 5.53. The zero-order valence-electron chi connectivity index (χ0n) is 6.39. The van der Waals surface area contributed by atoms with E-state index in [0.29, 0.717) is 5.82 Å². The quantitative estimate of drug-likeness (QED) is 0.636. The van der Waals surface area contributed by atoms with Crippen molar-refractivity contribution in [3.8, 4) is 0 Å². The first-order valence-electron chi connectivity index (χ1n) is 3.45. The minimum Gasteiger partial charge on any atom is -0.383 e. The Bertz CT molecular complexity index is 231. The van der Waals surface area contributed by atoms with Gasteiger partial charge in [-0.3, -0.25) is 0 Å². The molecule has 0 aliphatic carbocycles. The van der Waals surface area contributed by atoms with Gasteiger partial charge in [-0.1, -0.05) is 13.0 Å². The van der Waals surface area contributed by atoms with Crippen molar-refractivity contribution in [2.24, 2.45) is 0 Å². The number of nitrogens with two attached hydrogens (primary N) is 1. The highest BCUT2D eigenvalue weighted by Crippen LogP contribution is 2.08. The lowest BCUT2D eigenvalue weighted by atomic mass is 10.2. The molecule has 2 N–H and O–H groups in total. The van der Waals surface area contributed by atoms with Gasteiger partial charge in [0.25, 0.3) is 0 Å². The van der Waals surface area contributed by atoms with Gasteiger partial charge in [0.2, 0.25) is 0 Å². The van der Waals surface area contributed by atoms with Crippen LogP contribution in [0.1, 0.15) is 18.1 Å². The largest absolute Gasteiger partial charge is 0.383 e. The summed E-state index contributed by atoms with van der Waals surface area (Å²) in [5.41, 5.74) is 7.84. The third-order valence-electron chi connectivity index (χ3n) is 1.58. The maximum absolute atomic E-state index is 5.53. The summed E-state index contributed by atoms with van der Waals surface area (Å²) < 4.78 is 0. The second-order valence-electron chi connectivity index (χ2n) is 2.40. The van der Waals surface area contributed by atoms with E-state index in [4.69, 9.17) is 5.73 Å². The molecule has 0 atom stereocenters. The van der Waals surface area contributed by atoms with E-state index < -0.39 is 0 Å². The zero-order valence-corrected chi connectivity index (χ0v) is 6.39. The van der Waals surface area contributed by atoms with Crippen LogP contribution in [0.5, 0.6) is 0 Å². The second kappa shape index (κ2) is 2.69. The fourth-order valence-electron chi connectivity index (χ4n) is 0.837. The predicted molar refractivity (Wildman–Crippen MR) is 42.8 cm³/mol. The van der Waals surface area contributed by atoms with Gasteiger partial charge in [0, 0.05) is 6.20 Å². The Labute approximate surface area is 61.1 Å². The zero-order chi connectivity index (χ0) is 7.56. The number of hydrogen-bond acceptors (Lipinski definition) is 2. The molecule has 0 aliphatic heterocycles. The first-order chi connectivity index (χ1) is 4.74. The second-order valence-corrected chi connectivity index (χ2v) is 2.40. The van der Waals surface area contributed by atoms with Crippen molar-refractivity contribution >= 4 is 5.82 Å². The summed E-state index contributed by atoms with van der Waals surface area (Å²) in [7, 11) is 0. The predicted octanol–water partition coefficient (Wildman–Crippen LogP) is 1.53. The van der Waals surface area contributed by atoms with Crippen LogP contribution in [0.3, 0.4) is 0 Å². The lowest BCUT2D eigenvalue weighted by Gasteiger charge is -1.99. The van der Waals surface area contributed by atoms with E-state index in [1.54, 1.807) is 0 Å². The number of pyridine rings is 1. The summed E-state index contributed by atoms with van der Waals surface area (Å²) in [5, 5.41) is 0. The summed E-state index contributed by atoms with van der Waals surface area (Å²) in [6.45, 7) is 4.08. The van der Waals surface area contributed by atoms with Crippen LogP contribution in [-0.2, 0) is 6.42 Å². The fourth-order valence-corrected chi connectivity index (χ4v) is 0.837. The van der Waals surface area contributed by atoms with Crippen molar-refractivity contribution in [2.75, 3.05) is 5.73 Å². The van der Waals surface area contributed by atoms with Crippen LogP contribution >= 0.6 is 0 Å². The molecule has 1 rings (SSSR count). The van der Waals surface area contributed by atoms with Gasteiger partial charge >= 0.3 is 0 Å². The van der Waals surface area contributed by atoms with E-state index in [0.717, 1.165) is 12.0 Å². The molecule has 2 nitrogen and oxygen atoms in total. The minimum atomic E-state index is 0.636. The van der Waals surface area contributed by atoms with E-state index >= 15 is 0 Å². The molecule has 2 heteroatoms. The molecule has 0 aromatic carbocycles. The molecule has 0 unspecified atom stereocenters. The average Bonchev–Trinajstić information content (AvgIpc) is 1.95. The highest BCUT2D eigenvalue weighted by atomic mass is 14.8. The monoisotopic (exact) mass is 136 g/mol. The molecule has 1 aromatic rings. The minimum absolute atomic E-state index is 0.636. The summed E-state index contributed by atoms with van der Waals surface area (Å²) >= 11 is 0. The first kappa shape index (κ1) is 7.06. The van der Waals surface area contributed by atoms with E-state index in [1.807, 2.05) is 13.1 Å². The third kappa shape index (κ3) is 1.26. The molecule has 54 valence electrons. The van der Waals surface area contributed by atoms with Crippen LogP contribution in [0.25, 0.3) is 0 Å². The number of anilines is 1. The van der Waals surface area contributed by atoms with Gasteiger partial charge < -0.3 is 5.73 Å². The van der Waals surface area contributed by atoms with Crippen molar-refractivity contribution in [2.45, 2.75) is 20.3 Å². The molecule has 0 aliphatic rings. The topological polar surface area (TPSA) is 38.9 Å². The number of hydrogen-bond donors (Lipinski definition) is 1. The van der Waals surface area contributed by atoms with Crippen LogP contribution in [0, 0.1) is 6.92 Å². The standard InChI is InChI=1S/C8H12N2/c1-3-7-4-6(2)8(9)10-5-7/h4-5H,3H2,1-2H3,(H2,9,10). The molecule has 1 heterocycles. The molecule has 0 radical (unpaired) electrons. The molecule has 0 amide bonds.